The van der Waals surface area contributed by atoms with E-state index in [-0.39, 0.29) is 11.1 Å². The topological polar surface area (TPSA) is 45.2 Å². The maximum atomic E-state index is 12.3. The number of amides is 1. The molecule has 0 spiro atoms. The van der Waals surface area contributed by atoms with Gasteiger partial charge in [0.25, 0.3) is 5.91 Å². The Labute approximate surface area is 137 Å². The number of anilines is 2. The van der Waals surface area contributed by atoms with Crippen LogP contribution in [0.3, 0.4) is 0 Å². The molecule has 1 heterocycles. The second kappa shape index (κ2) is 6.52. The summed E-state index contributed by atoms with van der Waals surface area (Å²) in [5.41, 5.74) is 0.822. The number of benzene rings is 1. The lowest BCUT2D eigenvalue weighted by Gasteiger charge is -2.13. The summed E-state index contributed by atoms with van der Waals surface area (Å²) in [5.74, 6) is 0.247. The number of hydrogen-bond acceptors (Lipinski definition) is 3. The third kappa shape index (κ3) is 3.79. The minimum absolute atomic E-state index is 0.239. The first-order valence-electron chi connectivity index (χ1n) is 5.99. The Hall–Kier alpha value is -1.49. The van der Waals surface area contributed by atoms with E-state index in [0.29, 0.717) is 27.1 Å². The molecule has 0 bridgehead atoms. The highest BCUT2D eigenvalue weighted by molar-refractivity contribution is 6.44. The number of hydrogen-bond donors (Lipinski definition) is 1. The number of carbonyl (C=O) groups excluding carboxylic acids is 1. The first kappa shape index (κ1) is 15.9. The van der Waals surface area contributed by atoms with Crippen LogP contribution < -0.4 is 10.2 Å². The quantitative estimate of drug-likeness (QED) is 0.841. The number of nitrogens with one attached hydrogen (secondary N) is 1. The van der Waals surface area contributed by atoms with Gasteiger partial charge in [-0.2, -0.15) is 0 Å². The van der Waals surface area contributed by atoms with Crippen LogP contribution in [0, 0.1) is 0 Å². The van der Waals surface area contributed by atoms with Crippen molar-refractivity contribution >= 4 is 52.2 Å². The zero-order chi connectivity index (χ0) is 15.6. The second-order valence-electron chi connectivity index (χ2n) is 4.49. The monoisotopic (exact) mass is 343 g/mol. The van der Waals surface area contributed by atoms with Crippen molar-refractivity contribution in [3.8, 4) is 0 Å². The Bertz CT molecular complexity index is 689. The van der Waals surface area contributed by atoms with E-state index < -0.39 is 0 Å². The van der Waals surface area contributed by atoms with E-state index in [1.807, 2.05) is 14.1 Å². The van der Waals surface area contributed by atoms with E-state index in [2.05, 4.69) is 10.3 Å². The van der Waals surface area contributed by atoms with Gasteiger partial charge in [-0.25, -0.2) is 4.98 Å². The van der Waals surface area contributed by atoms with Gasteiger partial charge in [-0.05, 0) is 24.3 Å². The summed E-state index contributed by atoms with van der Waals surface area (Å²) in [5, 5.41) is 3.60. The molecule has 4 nitrogen and oxygen atoms in total. The van der Waals surface area contributed by atoms with Gasteiger partial charge in [0.2, 0.25) is 0 Å². The zero-order valence-corrected chi connectivity index (χ0v) is 13.6. The van der Waals surface area contributed by atoms with E-state index in [0.717, 1.165) is 0 Å². The van der Waals surface area contributed by atoms with Crippen molar-refractivity contribution in [2.75, 3.05) is 24.3 Å². The van der Waals surface area contributed by atoms with Crippen molar-refractivity contribution in [3.63, 3.8) is 0 Å². The highest BCUT2D eigenvalue weighted by Gasteiger charge is 2.13. The standard InChI is InChI=1S/C14H12Cl3N3O/c1-20(2)12-7-8(6-11(16)19-12)14(21)18-10-5-3-4-9(15)13(10)17/h3-7H,1-2H3,(H,18,21). The minimum Gasteiger partial charge on any atom is -0.363 e. The Morgan fingerprint density at radius 1 is 1.19 bits per heavy atom. The number of rotatable bonds is 3. The van der Waals surface area contributed by atoms with E-state index in [9.17, 15) is 4.79 Å². The molecule has 0 aliphatic rings. The lowest BCUT2D eigenvalue weighted by atomic mass is 10.2. The summed E-state index contributed by atoms with van der Waals surface area (Å²) in [6, 6.07) is 8.14. The molecule has 0 unspecified atom stereocenters. The number of pyridine rings is 1. The number of nitrogens with zero attached hydrogens (tertiary/aromatic N) is 2. The minimum atomic E-state index is -0.341. The molecule has 0 saturated carbocycles. The van der Waals surface area contributed by atoms with Crippen LogP contribution in [0.5, 0.6) is 0 Å². The molecule has 2 rings (SSSR count). The van der Waals surface area contributed by atoms with Crippen LogP contribution in [0.4, 0.5) is 11.5 Å². The molecule has 0 aliphatic carbocycles. The molecular weight excluding hydrogens is 333 g/mol. The van der Waals surface area contributed by atoms with Gasteiger partial charge < -0.3 is 10.2 Å². The first-order valence-corrected chi connectivity index (χ1v) is 7.12. The Morgan fingerprint density at radius 3 is 2.57 bits per heavy atom. The van der Waals surface area contributed by atoms with Crippen molar-refractivity contribution in [1.29, 1.82) is 0 Å². The molecular formula is C14H12Cl3N3O. The highest BCUT2D eigenvalue weighted by atomic mass is 35.5. The Balaban J connectivity index is 2.30. The van der Waals surface area contributed by atoms with Crippen LogP contribution >= 0.6 is 34.8 Å². The average molecular weight is 345 g/mol. The van der Waals surface area contributed by atoms with Crippen molar-refractivity contribution in [3.05, 3.63) is 51.1 Å². The van der Waals surface area contributed by atoms with Crippen LogP contribution in [-0.2, 0) is 0 Å². The molecule has 0 saturated heterocycles. The maximum absolute atomic E-state index is 12.3. The van der Waals surface area contributed by atoms with E-state index in [1.54, 1.807) is 29.2 Å². The van der Waals surface area contributed by atoms with E-state index in [4.69, 9.17) is 34.8 Å². The molecule has 110 valence electrons. The number of halogens is 3. The molecule has 1 amide bonds. The van der Waals surface area contributed by atoms with Gasteiger partial charge in [-0.3, -0.25) is 4.79 Å². The summed E-state index contributed by atoms with van der Waals surface area (Å²) in [7, 11) is 3.63. The van der Waals surface area contributed by atoms with Gasteiger partial charge in [0.1, 0.15) is 11.0 Å². The van der Waals surface area contributed by atoms with E-state index in [1.165, 1.54) is 6.07 Å². The SMILES string of the molecule is CN(C)c1cc(C(=O)Nc2cccc(Cl)c2Cl)cc(Cl)n1. The molecule has 0 fully saturated rings. The molecule has 0 aliphatic heterocycles. The molecule has 0 atom stereocenters. The summed E-state index contributed by atoms with van der Waals surface area (Å²) in [6.07, 6.45) is 0. The number of aromatic nitrogens is 1. The Kier molecular flexibility index (Phi) is 4.93. The highest BCUT2D eigenvalue weighted by Crippen LogP contribution is 2.30. The van der Waals surface area contributed by atoms with Crippen LogP contribution in [-0.4, -0.2) is 25.0 Å². The Morgan fingerprint density at radius 2 is 1.90 bits per heavy atom. The fourth-order valence-corrected chi connectivity index (χ4v) is 2.19. The lowest BCUT2D eigenvalue weighted by Crippen LogP contribution is -2.15. The van der Waals surface area contributed by atoms with Crippen molar-refractivity contribution in [2.24, 2.45) is 0 Å². The van der Waals surface area contributed by atoms with Crippen molar-refractivity contribution in [2.45, 2.75) is 0 Å². The maximum Gasteiger partial charge on any atom is 0.255 e. The second-order valence-corrected chi connectivity index (χ2v) is 5.66. The summed E-state index contributed by atoms with van der Waals surface area (Å²) >= 11 is 17.9. The zero-order valence-electron chi connectivity index (χ0n) is 11.3. The molecule has 1 aromatic carbocycles. The molecule has 1 N–H and O–H groups in total. The largest absolute Gasteiger partial charge is 0.363 e. The van der Waals surface area contributed by atoms with Crippen LogP contribution in [0.2, 0.25) is 15.2 Å². The summed E-state index contributed by atoms with van der Waals surface area (Å²) < 4.78 is 0. The first-order chi connectivity index (χ1) is 9.88. The van der Waals surface area contributed by atoms with Gasteiger partial charge in [-0.15, -0.1) is 0 Å². The predicted octanol–water partition coefficient (Wildman–Crippen LogP) is 4.36. The van der Waals surface area contributed by atoms with Gasteiger partial charge >= 0.3 is 0 Å². The van der Waals surface area contributed by atoms with E-state index >= 15 is 0 Å². The normalized spacial score (nSPS) is 10.3. The van der Waals surface area contributed by atoms with Crippen molar-refractivity contribution in [1.82, 2.24) is 4.98 Å². The van der Waals surface area contributed by atoms with Gasteiger partial charge in [-0.1, -0.05) is 40.9 Å². The third-order valence-electron chi connectivity index (χ3n) is 2.70. The predicted molar refractivity (Wildman–Crippen MR) is 88.0 cm³/mol. The molecule has 21 heavy (non-hydrogen) atoms. The molecule has 1 aromatic heterocycles. The lowest BCUT2D eigenvalue weighted by molar-refractivity contribution is 0.102. The molecule has 2 aromatic rings. The summed E-state index contributed by atoms with van der Waals surface area (Å²) in [6.45, 7) is 0. The van der Waals surface area contributed by atoms with Crippen LogP contribution in [0.25, 0.3) is 0 Å². The molecule has 7 heteroatoms. The number of carbonyl (C=O) groups is 1. The van der Waals surface area contributed by atoms with Gasteiger partial charge in [0.05, 0.1) is 15.7 Å². The third-order valence-corrected chi connectivity index (χ3v) is 3.71. The fraction of sp³-hybridized carbons (Fsp3) is 0.143. The van der Waals surface area contributed by atoms with Crippen molar-refractivity contribution < 1.29 is 4.79 Å². The fourth-order valence-electron chi connectivity index (χ4n) is 1.64. The van der Waals surface area contributed by atoms with Gasteiger partial charge in [0, 0.05) is 19.7 Å². The molecule has 0 radical (unpaired) electrons. The van der Waals surface area contributed by atoms with Crippen LogP contribution in [0.15, 0.2) is 30.3 Å². The average Bonchev–Trinajstić information content (AvgIpc) is 2.43. The summed E-state index contributed by atoms with van der Waals surface area (Å²) in [4.78, 5) is 18.2. The van der Waals surface area contributed by atoms with Gasteiger partial charge in [0.15, 0.2) is 0 Å². The van der Waals surface area contributed by atoms with Crippen LogP contribution in [0.1, 0.15) is 10.4 Å². The smallest absolute Gasteiger partial charge is 0.255 e.